The number of alkyl halides is 3. The lowest BCUT2D eigenvalue weighted by Gasteiger charge is -2.29. The van der Waals surface area contributed by atoms with E-state index in [1.165, 1.54) is 89.9 Å². The molecule has 0 amide bonds. The summed E-state index contributed by atoms with van der Waals surface area (Å²) in [6, 6.07) is 7.88. The van der Waals surface area contributed by atoms with Crippen LogP contribution in [0.5, 0.6) is 11.5 Å². The van der Waals surface area contributed by atoms with E-state index in [4.69, 9.17) is 23.0 Å². The maximum absolute atomic E-state index is 14.5. The molecular formula is C59H98F3O7P. The molecule has 0 aromatic heterocycles. The number of hydrogen-bond donors (Lipinski definition) is 0. The predicted molar refractivity (Wildman–Crippen MR) is 285 cm³/mol. The number of rotatable bonds is 41. The third-order valence-electron chi connectivity index (χ3n) is 14.3. The minimum atomic E-state index is -5.05. The maximum Gasteiger partial charge on any atom is 0.530 e. The first-order valence-corrected chi connectivity index (χ1v) is 29.3. The van der Waals surface area contributed by atoms with Gasteiger partial charge in [-0.25, -0.2) is 0 Å². The van der Waals surface area contributed by atoms with E-state index in [-0.39, 0.29) is 48.5 Å². The summed E-state index contributed by atoms with van der Waals surface area (Å²) in [4.78, 5) is 25.9. The van der Waals surface area contributed by atoms with Crippen molar-refractivity contribution in [1.82, 2.24) is 0 Å². The molecule has 2 aromatic rings. The molecule has 2 aromatic carbocycles. The fourth-order valence-corrected chi connectivity index (χ4v) is 9.80. The van der Waals surface area contributed by atoms with Gasteiger partial charge in [-0.3, -0.25) is 9.59 Å². The number of hydrogen-bond acceptors (Lipinski definition) is 7. The molecule has 11 heteroatoms. The van der Waals surface area contributed by atoms with Crippen LogP contribution in [0.25, 0.3) is 0 Å². The topological polar surface area (TPSA) is 80.3 Å². The third kappa shape index (κ3) is 25.7. The molecule has 2 rings (SSSR count). The summed E-state index contributed by atoms with van der Waals surface area (Å²) in [5, 5.41) is 0. The first-order valence-electron chi connectivity index (χ1n) is 28.2. The molecule has 0 bridgehead atoms. The first kappa shape index (κ1) is 63.3. The summed E-state index contributed by atoms with van der Waals surface area (Å²) in [6.07, 6.45) is 23.2. The Bertz CT molecular complexity index is 1540. The van der Waals surface area contributed by atoms with Gasteiger partial charge in [0.2, 0.25) is 0 Å². The molecule has 0 saturated carbocycles. The van der Waals surface area contributed by atoms with E-state index in [0.29, 0.717) is 63.2 Å². The highest BCUT2D eigenvalue weighted by Crippen LogP contribution is 2.53. The number of ether oxygens (including phenoxy) is 2. The van der Waals surface area contributed by atoms with Crippen LogP contribution in [0.4, 0.5) is 13.2 Å². The molecular weight excluding hydrogens is 909 g/mol. The molecule has 7 nitrogen and oxygen atoms in total. The van der Waals surface area contributed by atoms with Crippen LogP contribution in [0, 0.1) is 0 Å². The van der Waals surface area contributed by atoms with Crippen LogP contribution in [0.2, 0.25) is 0 Å². The lowest BCUT2D eigenvalue weighted by atomic mass is 9.87. The van der Waals surface area contributed by atoms with Crippen LogP contribution in [0.15, 0.2) is 24.3 Å². The number of carbonyl (C=O) groups excluding carboxylic acids is 2. The van der Waals surface area contributed by atoms with Gasteiger partial charge in [0.05, 0.1) is 13.2 Å². The van der Waals surface area contributed by atoms with E-state index in [9.17, 15) is 22.8 Å². The average molecular weight is 1010 g/mol. The predicted octanol–water partition coefficient (Wildman–Crippen LogP) is 19.8. The quantitative estimate of drug-likeness (QED) is 0.0373. The van der Waals surface area contributed by atoms with Gasteiger partial charge in [0, 0.05) is 12.8 Å². The summed E-state index contributed by atoms with van der Waals surface area (Å²) in [5.41, 5.74) is 4.86. The summed E-state index contributed by atoms with van der Waals surface area (Å²) in [6.45, 7) is 21.6. The summed E-state index contributed by atoms with van der Waals surface area (Å²) >= 11 is 0. The highest BCUT2D eigenvalue weighted by molar-refractivity contribution is 7.42. The van der Waals surface area contributed by atoms with Gasteiger partial charge in [-0.05, 0) is 108 Å². The second kappa shape index (κ2) is 37.0. The van der Waals surface area contributed by atoms with Crippen LogP contribution in [-0.4, -0.2) is 31.5 Å². The molecule has 0 radical (unpaired) electrons. The van der Waals surface area contributed by atoms with Gasteiger partial charge in [0.1, 0.15) is 11.5 Å². The molecule has 0 heterocycles. The van der Waals surface area contributed by atoms with E-state index in [0.717, 1.165) is 71.9 Å². The average Bonchev–Trinajstić information content (AvgIpc) is 3.34. The molecule has 0 aliphatic carbocycles. The van der Waals surface area contributed by atoms with Crippen LogP contribution in [0.1, 0.15) is 293 Å². The van der Waals surface area contributed by atoms with Crippen molar-refractivity contribution >= 4 is 20.5 Å². The highest BCUT2D eigenvalue weighted by Gasteiger charge is 2.40. The van der Waals surface area contributed by atoms with Crippen molar-refractivity contribution in [2.45, 2.75) is 279 Å². The lowest BCUT2D eigenvalue weighted by molar-refractivity contribution is -0.276. The zero-order chi connectivity index (χ0) is 51.7. The number of carbonyl (C=O) groups is 2. The first-order chi connectivity index (χ1) is 33.6. The highest BCUT2D eigenvalue weighted by atomic mass is 31.2. The smallest absolute Gasteiger partial charge is 0.466 e. The summed E-state index contributed by atoms with van der Waals surface area (Å²) in [7, 11) is -3.05. The molecule has 0 fully saturated rings. The fourth-order valence-electron chi connectivity index (χ4n) is 8.80. The zero-order valence-corrected chi connectivity index (χ0v) is 46.7. The van der Waals surface area contributed by atoms with E-state index >= 15 is 0 Å². The van der Waals surface area contributed by atoms with Crippen molar-refractivity contribution in [3.8, 4) is 11.5 Å². The van der Waals surface area contributed by atoms with Crippen molar-refractivity contribution in [1.29, 1.82) is 0 Å². The standard InChI is InChI=1S/C59H98F3O7P/c1-11-17-19-21-23-25-27-29-31-33-39-65-55(63)37-35-49-41-51(45(7)13-3)57(52(42-49)46(8)14-4)67-70(69-59(60,61)62)68-58-53(47(9)15-5)43-50(44-54(58)48(10)16-6)36-38-56(64)66-40-34-32-30-28-26-24-22-20-18-12-2/h41-48H,11-40H2,1-10H3. The summed E-state index contributed by atoms with van der Waals surface area (Å²) < 4.78 is 72.6. The van der Waals surface area contributed by atoms with Gasteiger partial charge in [-0.1, -0.05) is 209 Å². The van der Waals surface area contributed by atoms with Crippen LogP contribution in [0.3, 0.4) is 0 Å². The normalized spacial score (nSPS) is 14.0. The third-order valence-corrected chi connectivity index (χ3v) is 15.3. The van der Waals surface area contributed by atoms with Crippen molar-refractivity contribution in [3.63, 3.8) is 0 Å². The monoisotopic (exact) mass is 1010 g/mol. The van der Waals surface area contributed by atoms with Crippen LogP contribution in [-0.2, 0) is 36.4 Å². The molecule has 0 aliphatic rings. The molecule has 0 aliphatic heterocycles. The number of benzene rings is 2. The molecule has 0 spiro atoms. The van der Waals surface area contributed by atoms with Gasteiger partial charge in [-0.2, -0.15) is 4.52 Å². The maximum atomic E-state index is 14.5. The fraction of sp³-hybridized carbons (Fsp3) is 0.763. The Morgan fingerprint density at radius 2 is 0.729 bits per heavy atom. The SMILES string of the molecule is CCCCCCCCCCCCOC(=O)CCc1cc(C(C)CC)c(OP(Oc2c(C(C)CC)cc(CCC(=O)OCCCCCCCCCCCC)cc2C(C)CC)OC(F)(F)F)c(C(C)CC)c1. The van der Waals surface area contributed by atoms with Gasteiger partial charge in [0.15, 0.2) is 0 Å². The minimum absolute atomic E-state index is 0.0731. The Balaban J connectivity index is 2.31. The van der Waals surface area contributed by atoms with E-state index in [2.05, 4.69) is 13.8 Å². The Morgan fingerprint density at radius 1 is 0.457 bits per heavy atom. The van der Waals surface area contributed by atoms with Crippen molar-refractivity contribution in [2.24, 2.45) is 0 Å². The van der Waals surface area contributed by atoms with Crippen molar-refractivity contribution in [3.05, 3.63) is 57.6 Å². The molecule has 0 saturated heterocycles. The lowest BCUT2D eigenvalue weighted by Crippen LogP contribution is -2.17. The van der Waals surface area contributed by atoms with Crippen molar-refractivity contribution < 1.29 is 45.8 Å². The molecule has 0 N–H and O–H groups in total. The molecule has 4 unspecified atom stereocenters. The van der Waals surface area contributed by atoms with Crippen LogP contribution < -0.4 is 9.05 Å². The molecule has 402 valence electrons. The van der Waals surface area contributed by atoms with Gasteiger partial charge < -0.3 is 18.5 Å². The van der Waals surface area contributed by atoms with E-state index < -0.39 is 15.0 Å². The van der Waals surface area contributed by atoms with Gasteiger partial charge in [0.25, 0.3) is 0 Å². The number of unbranched alkanes of at least 4 members (excludes halogenated alkanes) is 18. The molecule has 70 heavy (non-hydrogen) atoms. The number of aryl methyl sites for hydroxylation is 2. The van der Waals surface area contributed by atoms with Crippen molar-refractivity contribution in [2.75, 3.05) is 13.2 Å². The number of halogens is 3. The van der Waals surface area contributed by atoms with Crippen LogP contribution >= 0.6 is 8.60 Å². The largest absolute Gasteiger partial charge is 0.530 e. The Labute approximate surface area is 426 Å². The van der Waals surface area contributed by atoms with Gasteiger partial charge >= 0.3 is 26.9 Å². The number of esters is 2. The zero-order valence-electron chi connectivity index (χ0n) is 45.8. The Kier molecular flexibility index (Phi) is 33.4. The van der Waals surface area contributed by atoms with E-state index in [1.54, 1.807) is 0 Å². The van der Waals surface area contributed by atoms with Gasteiger partial charge in [-0.15, -0.1) is 13.2 Å². The molecule has 4 atom stereocenters. The summed E-state index contributed by atoms with van der Waals surface area (Å²) in [5.74, 6) is -0.105. The second-order valence-corrected chi connectivity index (χ2v) is 21.2. The Hall–Kier alpha value is -2.84. The Morgan fingerprint density at radius 3 is 0.986 bits per heavy atom. The second-order valence-electron chi connectivity index (χ2n) is 20.2. The van der Waals surface area contributed by atoms with E-state index in [1.807, 2.05) is 79.7 Å². The minimum Gasteiger partial charge on any atom is -0.466 e.